The molecule has 146 valence electrons. The number of carbonyl (C=O) groups is 2. The van der Waals surface area contributed by atoms with Crippen LogP contribution in [0.4, 0.5) is 0 Å². The average molecular weight is 357 g/mol. The Morgan fingerprint density at radius 3 is 2.28 bits per heavy atom. The lowest BCUT2D eigenvalue weighted by Crippen LogP contribution is -2.37. The molecule has 0 aromatic heterocycles. The highest BCUT2D eigenvalue weighted by atomic mass is 16.5. The molecule has 0 amide bonds. The van der Waals surface area contributed by atoms with Crippen LogP contribution in [-0.4, -0.2) is 32.9 Å². The van der Waals surface area contributed by atoms with Gasteiger partial charge in [0.05, 0.1) is 0 Å². The predicted octanol–water partition coefficient (Wildman–Crippen LogP) is 4.05. The van der Waals surface area contributed by atoms with Gasteiger partial charge in [0.1, 0.15) is 5.78 Å². The van der Waals surface area contributed by atoms with Crippen LogP contribution in [0.1, 0.15) is 96.8 Å². The van der Waals surface area contributed by atoms with Crippen molar-refractivity contribution >= 4 is 11.8 Å². The molecule has 0 spiro atoms. The number of aliphatic carboxylic acids is 1. The van der Waals surface area contributed by atoms with Crippen molar-refractivity contribution in [2.75, 3.05) is 0 Å². The summed E-state index contributed by atoms with van der Waals surface area (Å²) in [7, 11) is 0. The second-order valence-corrected chi connectivity index (χ2v) is 7.65. The maximum absolute atomic E-state index is 12.1. The Hall–Kier alpha value is -0.940. The average Bonchev–Trinajstić information content (AvgIpc) is 2.90. The van der Waals surface area contributed by atoms with Gasteiger partial charge >= 0.3 is 5.97 Å². The van der Waals surface area contributed by atoms with Gasteiger partial charge in [0.15, 0.2) is 0 Å². The van der Waals surface area contributed by atoms with Crippen LogP contribution in [0.15, 0.2) is 0 Å². The van der Waals surface area contributed by atoms with Crippen molar-refractivity contribution in [1.29, 1.82) is 0 Å². The predicted molar refractivity (Wildman–Crippen MR) is 97.1 cm³/mol. The summed E-state index contributed by atoms with van der Waals surface area (Å²) in [5, 5.41) is 27.2. The topological polar surface area (TPSA) is 94.8 Å². The Morgan fingerprint density at radius 2 is 1.60 bits per heavy atom. The third-order valence-corrected chi connectivity index (χ3v) is 5.56. The number of hydrogen-bond acceptors (Lipinski definition) is 4. The minimum atomic E-state index is -2.62. The molecule has 5 heteroatoms. The highest BCUT2D eigenvalue weighted by molar-refractivity contribution is 5.83. The summed E-state index contributed by atoms with van der Waals surface area (Å²) < 4.78 is 0. The Morgan fingerprint density at radius 1 is 1.00 bits per heavy atom. The fourth-order valence-corrected chi connectivity index (χ4v) is 3.93. The van der Waals surface area contributed by atoms with Gasteiger partial charge in [-0.3, -0.25) is 4.79 Å². The molecular weight excluding hydrogens is 320 g/mol. The smallest absolute Gasteiger partial charge is 0.364 e. The number of carboxylic acids is 1. The summed E-state index contributed by atoms with van der Waals surface area (Å²) in [4.78, 5) is 22.7. The number of carbonyl (C=O) groups excluding carboxylic acids is 1. The first-order valence-electron chi connectivity index (χ1n) is 10.1. The number of Topliss-reactive ketones (excluding diaryl/α,β-unsaturated/α-hetero) is 1. The summed E-state index contributed by atoms with van der Waals surface area (Å²) in [6, 6.07) is 0. The van der Waals surface area contributed by atoms with Crippen LogP contribution in [-0.2, 0) is 9.59 Å². The van der Waals surface area contributed by atoms with Crippen molar-refractivity contribution in [2.24, 2.45) is 11.8 Å². The second kappa shape index (κ2) is 11.6. The lowest BCUT2D eigenvalue weighted by atomic mass is 9.86. The molecule has 1 saturated carbocycles. The summed E-state index contributed by atoms with van der Waals surface area (Å²) in [5.74, 6) is -3.14. The quantitative estimate of drug-likeness (QED) is 0.322. The molecule has 0 saturated heterocycles. The van der Waals surface area contributed by atoms with E-state index in [-0.39, 0.29) is 12.3 Å². The van der Waals surface area contributed by atoms with E-state index < -0.39 is 11.8 Å². The van der Waals surface area contributed by atoms with Gasteiger partial charge in [-0.25, -0.2) is 4.79 Å². The molecule has 3 N–H and O–H groups in total. The molecule has 0 radical (unpaired) electrons. The molecule has 1 fully saturated rings. The molecule has 0 aromatic carbocycles. The fourth-order valence-electron chi connectivity index (χ4n) is 3.93. The maximum Gasteiger partial charge on any atom is 0.364 e. The summed E-state index contributed by atoms with van der Waals surface area (Å²) in [6.07, 6.45) is 13.3. The first-order chi connectivity index (χ1) is 11.9. The molecule has 2 atom stereocenters. The van der Waals surface area contributed by atoms with Gasteiger partial charge in [-0.15, -0.1) is 0 Å². The van der Waals surface area contributed by atoms with E-state index in [1.54, 1.807) is 0 Å². The van der Waals surface area contributed by atoms with E-state index in [1.807, 2.05) is 0 Å². The van der Waals surface area contributed by atoms with Gasteiger partial charge in [-0.1, -0.05) is 58.3 Å². The first kappa shape index (κ1) is 22.1. The number of rotatable bonds is 14. The number of ketones is 1. The normalized spacial score (nSPS) is 21.0. The van der Waals surface area contributed by atoms with Crippen molar-refractivity contribution in [3.8, 4) is 0 Å². The molecule has 0 aromatic rings. The van der Waals surface area contributed by atoms with E-state index in [0.29, 0.717) is 24.5 Å². The van der Waals surface area contributed by atoms with Crippen LogP contribution >= 0.6 is 0 Å². The minimum absolute atomic E-state index is 0.165. The monoisotopic (exact) mass is 356 g/mol. The molecule has 0 aliphatic heterocycles. The van der Waals surface area contributed by atoms with E-state index in [9.17, 15) is 19.8 Å². The summed E-state index contributed by atoms with van der Waals surface area (Å²) in [5.41, 5.74) is 0. The molecule has 0 unspecified atom stereocenters. The first-order valence-corrected chi connectivity index (χ1v) is 10.1. The van der Waals surface area contributed by atoms with Crippen LogP contribution in [0.2, 0.25) is 0 Å². The molecular formula is C20H36O5. The number of carboxylic acid groups (broad SMARTS) is 1. The number of unbranched alkanes of at least 4 members (excludes halogenated alkanes) is 7. The maximum atomic E-state index is 12.1. The van der Waals surface area contributed by atoms with Crippen LogP contribution < -0.4 is 0 Å². The van der Waals surface area contributed by atoms with Gasteiger partial charge in [0.25, 0.3) is 5.79 Å². The number of hydrogen-bond donors (Lipinski definition) is 3. The van der Waals surface area contributed by atoms with Crippen LogP contribution in [0, 0.1) is 11.8 Å². The summed E-state index contributed by atoms with van der Waals surface area (Å²) >= 11 is 0. The Balaban J connectivity index is 2.19. The standard InChI is InChI=1S/C20H36O5/c1-2-3-4-5-6-8-11-16-13-14-18(21)17(16)12-9-7-10-15-20(24,25)19(22)23/h16-17,24-25H,2-15H2,1H3,(H,22,23)/t16-,17+/m0/s1. The largest absolute Gasteiger partial charge is 0.477 e. The third kappa shape index (κ3) is 8.32. The zero-order valence-corrected chi connectivity index (χ0v) is 15.7. The van der Waals surface area contributed by atoms with Crippen molar-refractivity contribution in [1.82, 2.24) is 0 Å². The van der Waals surface area contributed by atoms with Crippen LogP contribution in [0.3, 0.4) is 0 Å². The molecule has 1 aliphatic rings. The van der Waals surface area contributed by atoms with Crippen LogP contribution in [0.5, 0.6) is 0 Å². The van der Waals surface area contributed by atoms with Crippen molar-refractivity contribution < 1.29 is 24.9 Å². The van der Waals surface area contributed by atoms with Gasteiger partial charge in [-0.2, -0.15) is 0 Å². The Labute approximate surface area is 151 Å². The molecule has 0 heterocycles. The van der Waals surface area contributed by atoms with Gasteiger partial charge in [0, 0.05) is 18.8 Å². The molecule has 1 aliphatic carbocycles. The van der Waals surface area contributed by atoms with E-state index in [4.69, 9.17) is 5.11 Å². The zero-order valence-electron chi connectivity index (χ0n) is 15.7. The lowest BCUT2D eigenvalue weighted by Gasteiger charge is -2.19. The number of aliphatic hydroxyl groups is 2. The highest BCUT2D eigenvalue weighted by Gasteiger charge is 2.34. The third-order valence-electron chi connectivity index (χ3n) is 5.56. The lowest BCUT2D eigenvalue weighted by molar-refractivity contribution is -0.205. The second-order valence-electron chi connectivity index (χ2n) is 7.65. The van der Waals surface area contributed by atoms with Gasteiger partial charge < -0.3 is 15.3 Å². The van der Waals surface area contributed by atoms with Gasteiger partial charge in [-0.05, 0) is 31.6 Å². The Bertz CT molecular complexity index is 405. The van der Waals surface area contributed by atoms with Crippen molar-refractivity contribution in [2.45, 2.75) is 103 Å². The van der Waals surface area contributed by atoms with E-state index in [2.05, 4.69) is 6.92 Å². The molecule has 5 nitrogen and oxygen atoms in total. The minimum Gasteiger partial charge on any atom is -0.477 e. The van der Waals surface area contributed by atoms with E-state index in [1.165, 1.54) is 38.5 Å². The van der Waals surface area contributed by atoms with Crippen LogP contribution in [0.25, 0.3) is 0 Å². The molecule has 1 rings (SSSR count). The molecule has 0 bridgehead atoms. The van der Waals surface area contributed by atoms with Gasteiger partial charge in [0.2, 0.25) is 0 Å². The SMILES string of the molecule is CCCCCCCC[C@H]1CCC(=O)[C@@H]1CCCCCC(O)(O)C(=O)O. The van der Waals surface area contributed by atoms with E-state index >= 15 is 0 Å². The van der Waals surface area contributed by atoms with E-state index in [0.717, 1.165) is 32.1 Å². The van der Waals surface area contributed by atoms with Crippen molar-refractivity contribution in [3.63, 3.8) is 0 Å². The Kier molecular flexibility index (Phi) is 10.3. The summed E-state index contributed by atoms with van der Waals surface area (Å²) in [6.45, 7) is 2.22. The fraction of sp³-hybridized carbons (Fsp3) is 0.900. The zero-order chi connectivity index (χ0) is 18.7. The molecule has 25 heavy (non-hydrogen) atoms. The highest BCUT2D eigenvalue weighted by Crippen LogP contribution is 2.36. The van der Waals surface area contributed by atoms with Crippen molar-refractivity contribution in [3.05, 3.63) is 0 Å².